The Bertz CT molecular complexity index is 378. The first-order chi connectivity index (χ1) is 9.00. The largest absolute Gasteiger partial charge is 0.373 e. The van der Waals surface area contributed by atoms with Crippen molar-refractivity contribution in [2.45, 2.75) is 26.3 Å². The molecule has 0 fully saturated rings. The molecule has 0 saturated carbocycles. The molecule has 1 atom stereocenters. The highest BCUT2D eigenvalue weighted by Crippen LogP contribution is 2.09. The summed E-state index contributed by atoms with van der Waals surface area (Å²) in [5.41, 5.74) is 7.02. The van der Waals surface area contributed by atoms with Crippen molar-refractivity contribution >= 4 is 11.6 Å². The molecule has 4 heteroatoms. The molecule has 0 aliphatic carbocycles. The Morgan fingerprint density at radius 3 is 2.53 bits per heavy atom. The lowest BCUT2D eigenvalue weighted by Crippen LogP contribution is -2.38. The second-order valence-corrected chi connectivity index (χ2v) is 5.22. The van der Waals surface area contributed by atoms with Crippen molar-refractivity contribution in [1.29, 1.82) is 0 Å². The van der Waals surface area contributed by atoms with Gasteiger partial charge in [-0.15, -0.1) is 0 Å². The number of nitrogens with two attached hydrogens (primary N) is 1. The summed E-state index contributed by atoms with van der Waals surface area (Å²) >= 11 is 0. The molecule has 0 bridgehead atoms. The number of para-hydroxylation sites is 1. The van der Waals surface area contributed by atoms with E-state index in [1.165, 1.54) is 0 Å². The SMILES string of the molecule is CC(C)C(N)CC(=O)NCCN(C)c1ccccc1. The smallest absolute Gasteiger partial charge is 0.221 e. The van der Waals surface area contributed by atoms with Crippen molar-refractivity contribution in [3.63, 3.8) is 0 Å². The lowest BCUT2D eigenvalue weighted by atomic mass is 10.0. The van der Waals surface area contributed by atoms with Crippen LogP contribution in [0.5, 0.6) is 0 Å². The predicted molar refractivity (Wildman–Crippen MR) is 80.2 cm³/mol. The molecule has 1 rings (SSSR count). The van der Waals surface area contributed by atoms with Crippen molar-refractivity contribution < 1.29 is 4.79 Å². The van der Waals surface area contributed by atoms with E-state index in [1.807, 2.05) is 39.1 Å². The maximum Gasteiger partial charge on any atom is 0.221 e. The second kappa shape index (κ2) is 7.79. The Morgan fingerprint density at radius 1 is 1.32 bits per heavy atom. The van der Waals surface area contributed by atoms with Gasteiger partial charge in [0.15, 0.2) is 0 Å². The van der Waals surface area contributed by atoms with E-state index >= 15 is 0 Å². The van der Waals surface area contributed by atoms with Gasteiger partial charge in [-0.3, -0.25) is 4.79 Å². The first kappa shape index (κ1) is 15.5. The third-order valence-corrected chi connectivity index (χ3v) is 3.24. The molecule has 19 heavy (non-hydrogen) atoms. The zero-order valence-electron chi connectivity index (χ0n) is 12.1. The number of nitrogens with one attached hydrogen (secondary N) is 1. The first-order valence-corrected chi connectivity index (χ1v) is 6.79. The minimum Gasteiger partial charge on any atom is -0.373 e. The van der Waals surface area contributed by atoms with E-state index in [-0.39, 0.29) is 11.9 Å². The molecule has 0 aliphatic heterocycles. The van der Waals surface area contributed by atoms with Gasteiger partial charge in [0.05, 0.1) is 0 Å². The van der Waals surface area contributed by atoms with E-state index in [4.69, 9.17) is 5.73 Å². The maximum atomic E-state index is 11.7. The number of carbonyl (C=O) groups excluding carboxylic acids is 1. The van der Waals surface area contributed by atoms with Crippen LogP contribution in [0.2, 0.25) is 0 Å². The van der Waals surface area contributed by atoms with Crippen LogP contribution in [-0.4, -0.2) is 32.1 Å². The van der Waals surface area contributed by atoms with Gasteiger partial charge < -0.3 is 16.0 Å². The Balaban J connectivity index is 2.25. The van der Waals surface area contributed by atoms with Crippen molar-refractivity contribution in [3.8, 4) is 0 Å². The number of hydrogen-bond donors (Lipinski definition) is 2. The third-order valence-electron chi connectivity index (χ3n) is 3.24. The lowest BCUT2D eigenvalue weighted by Gasteiger charge is -2.20. The maximum absolute atomic E-state index is 11.7. The highest BCUT2D eigenvalue weighted by atomic mass is 16.1. The predicted octanol–water partition coefficient (Wildman–Crippen LogP) is 1.61. The van der Waals surface area contributed by atoms with E-state index < -0.39 is 0 Å². The lowest BCUT2D eigenvalue weighted by molar-refractivity contribution is -0.121. The van der Waals surface area contributed by atoms with Crippen molar-refractivity contribution in [2.24, 2.45) is 11.7 Å². The molecule has 0 spiro atoms. The quantitative estimate of drug-likeness (QED) is 0.786. The van der Waals surface area contributed by atoms with Crippen LogP contribution < -0.4 is 16.0 Å². The molecule has 0 aromatic heterocycles. The van der Waals surface area contributed by atoms with Gasteiger partial charge >= 0.3 is 0 Å². The van der Waals surface area contributed by atoms with Crippen molar-refractivity contribution in [2.75, 3.05) is 25.0 Å². The van der Waals surface area contributed by atoms with Gasteiger partial charge in [0.1, 0.15) is 0 Å². The van der Waals surface area contributed by atoms with Crippen LogP contribution in [-0.2, 0) is 4.79 Å². The summed E-state index contributed by atoms with van der Waals surface area (Å²) < 4.78 is 0. The second-order valence-electron chi connectivity index (χ2n) is 5.22. The van der Waals surface area contributed by atoms with Crippen LogP contribution in [0.25, 0.3) is 0 Å². The van der Waals surface area contributed by atoms with Crippen molar-refractivity contribution in [3.05, 3.63) is 30.3 Å². The van der Waals surface area contributed by atoms with E-state index in [2.05, 4.69) is 22.3 Å². The summed E-state index contributed by atoms with van der Waals surface area (Å²) in [6.07, 6.45) is 0.396. The number of benzene rings is 1. The Labute approximate surface area is 116 Å². The number of carbonyl (C=O) groups is 1. The average molecular weight is 263 g/mol. The summed E-state index contributed by atoms with van der Waals surface area (Å²) in [7, 11) is 2.02. The Hall–Kier alpha value is -1.55. The minimum absolute atomic E-state index is 0.0302. The summed E-state index contributed by atoms with van der Waals surface area (Å²) in [5, 5.41) is 2.91. The van der Waals surface area contributed by atoms with Gasteiger partial charge in [0.2, 0.25) is 5.91 Å². The van der Waals surface area contributed by atoms with Crippen LogP contribution >= 0.6 is 0 Å². The minimum atomic E-state index is -0.0631. The molecule has 1 aromatic carbocycles. The van der Waals surface area contributed by atoms with Crippen LogP contribution in [0.4, 0.5) is 5.69 Å². The number of anilines is 1. The molecular formula is C15H25N3O. The number of nitrogens with zero attached hydrogens (tertiary/aromatic N) is 1. The zero-order valence-corrected chi connectivity index (χ0v) is 12.1. The van der Waals surface area contributed by atoms with E-state index in [9.17, 15) is 4.79 Å². The van der Waals surface area contributed by atoms with Gasteiger partial charge in [-0.1, -0.05) is 32.0 Å². The Morgan fingerprint density at radius 2 is 1.95 bits per heavy atom. The summed E-state index contributed by atoms with van der Waals surface area (Å²) in [4.78, 5) is 13.8. The van der Waals surface area contributed by atoms with E-state index in [1.54, 1.807) is 0 Å². The van der Waals surface area contributed by atoms with Crippen molar-refractivity contribution in [1.82, 2.24) is 5.32 Å². The van der Waals surface area contributed by atoms with Gasteiger partial charge in [-0.2, -0.15) is 0 Å². The molecular weight excluding hydrogens is 238 g/mol. The molecule has 0 aliphatic rings. The molecule has 0 radical (unpaired) electrons. The molecule has 106 valence electrons. The highest BCUT2D eigenvalue weighted by molar-refractivity contribution is 5.76. The van der Waals surface area contributed by atoms with Crippen LogP contribution in [0.3, 0.4) is 0 Å². The van der Waals surface area contributed by atoms with Gasteiger partial charge in [0.25, 0.3) is 0 Å². The van der Waals surface area contributed by atoms with E-state index in [0.29, 0.717) is 18.9 Å². The monoisotopic (exact) mass is 263 g/mol. The van der Waals surface area contributed by atoms with Gasteiger partial charge in [-0.05, 0) is 18.1 Å². The topological polar surface area (TPSA) is 58.4 Å². The normalized spacial score (nSPS) is 12.3. The number of rotatable bonds is 7. The molecule has 1 unspecified atom stereocenters. The fourth-order valence-electron chi connectivity index (χ4n) is 1.70. The first-order valence-electron chi connectivity index (χ1n) is 6.79. The summed E-state index contributed by atoms with van der Waals surface area (Å²) in [5.74, 6) is 0.361. The van der Waals surface area contributed by atoms with Gasteiger partial charge in [0, 0.05) is 38.3 Å². The number of hydrogen-bond acceptors (Lipinski definition) is 3. The fourth-order valence-corrected chi connectivity index (χ4v) is 1.70. The molecule has 3 N–H and O–H groups in total. The number of amides is 1. The molecule has 0 heterocycles. The van der Waals surface area contributed by atoms with Crippen LogP contribution in [0.1, 0.15) is 20.3 Å². The van der Waals surface area contributed by atoms with Gasteiger partial charge in [-0.25, -0.2) is 0 Å². The average Bonchev–Trinajstić information content (AvgIpc) is 2.39. The molecule has 1 aromatic rings. The summed E-state index contributed by atoms with van der Waals surface area (Å²) in [6, 6.07) is 10.0. The van der Waals surface area contributed by atoms with E-state index in [0.717, 1.165) is 12.2 Å². The number of likely N-dealkylation sites (N-methyl/N-ethyl adjacent to an activating group) is 1. The van der Waals surface area contributed by atoms with Crippen LogP contribution in [0, 0.1) is 5.92 Å². The summed E-state index contributed by atoms with van der Waals surface area (Å²) in [6.45, 7) is 5.48. The fraction of sp³-hybridized carbons (Fsp3) is 0.533. The third kappa shape index (κ3) is 5.75. The molecule has 0 saturated heterocycles. The highest BCUT2D eigenvalue weighted by Gasteiger charge is 2.12. The van der Waals surface area contributed by atoms with Crippen LogP contribution in [0.15, 0.2) is 30.3 Å². The molecule has 4 nitrogen and oxygen atoms in total. The molecule has 1 amide bonds. The Kier molecular flexibility index (Phi) is 6.36. The standard InChI is InChI=1S/C15H25N3O/c1-12(2)14(16)11-15(19)17-9-10-18(3)13-7-5-4-6-8-13/h4-8,12,14H,9-11,16H2,1-3H3,(H,17,19). The zero-order chi connectivity index (χ0) is 14.3.